The van der Waals surface area contributed by atoms with Gasteiger partial charge in [-0.1, -0.05) is 36.4 Å². The molecule has 0 bridgehead atoms. The maximum Gasteiger partial charge on any atom is 0.268 e. The van der Waals surface area contributed by atoms with Gasteiger partial charge < -0.3 is 9.84 Å². The molecule has 0 amide bonds. The maximum atomic E-state index is 12.9. The van der Waals surface area contributed by atoms with Crippen LogP contribution < -0.4 is 0 Å². The number of ether oxygens (including phenoxy) is 1. The third kappa shape index (κ3) is 2.10. The van der Waals surface area contributed by atoms with Gasteiger partial charge in [0.1, 0.15) is 5.60 Å². The van der Waals surface area contributed by atoms with E-state index in [1.165, 1.54) is 10.2 Å². The van der Waals surface area contributed by atoms with Crippen LogP contribution in [0.4, 0.5) is 0 Å². The molecule has 1 aliphatic rings. The molecule has 1 aliphatic heterocycles. The number of aromatic nitrogens is 1. The molecule has 1 saturated heterocycles. The minimum absolute atomic E-state index is 0.173. The van der Waals surface area contributed by atoms with Gasteiger partial charge in [-0.25, -0.2) is 12.4 Å². The normalized spacial score (nSPS) is 17.1. The Hall–Kier alpha value is -2.15. The second-order valence-electron chi connectivity index (χ2n) is 5.70. The quantitative estimate of drug-likeness (QED) is 0.799. The summed E-state index contributed by atoms with van der Waals surface area (Å²) < 4.78 is 32.2. The fraction of sp³-hybridized carbons (Fsp3) is 0.176. The zero-order valence-corrected chi connectivity index (χ0v) is 13.0. The molecule has 1 aromatic heterocycles. The molecule has 0 spiro atoms. The van der Waals surface area contributed by atoms with Crippen LogP contribution in [0, 0.1) is 0 Å². The zero-order chi connectivity index (χ0) is 16.1. The van der Waals surface area contributed by atoms with E-state index in [1.807, 2.05) is 12.1 Å². The summed E-state index contributed by atoms with van der Waals surface area (Å²) in [7, 11) is -3.72. The summed E-state index contributed by atoms with van der Waals surface area (Å²) in [5.74, 6) is 0. The third-order valence-electron chi connectivity index (χ3n) is 4.16. The van der Waals surface area contributed by atoms with Crippen molar-refractivity contribution < 1.29 is 18.3 Å². The molecular weight excluding hydrogens is 314 g/mol. The molecule has 0 saturated carbocycles. The molecule has 0 aliphatic carbocycles. The molecule has 0 radical (unpaired) electrons. The number of hydrogen-bond acceptors (Lipinski definition) is 4. The molecule has 5 nitrogen and oxygen atoms in total. The van der Waals surface area contributed by atoms with Crippen molar-refractivity contribution in [1.29, 1.82) is 0 Å². The number of benzene rings is 2. The van der Waals surface area contributed by atoms with Crippen LogP contribution >= 0.6 is 0 Å². The smallest absolute Gasteiger partial charge is 0.268 e. The average Bonchev–Trinajstić information content (AvgIpc) is 2.94. The van der Waals surface area contributed by atoms with Crippen molar-refractivity contribution in [3.63, 3.8) is 0 Å². The van der Waals surface area contributed by atoms with Gasteiger partial charge >= 0.3 is 0 Å². The van der Waals surface area contributed by atoms with Crippen LogP contribution in [0.2, 0.25) is 0 Å². The summed E-state index contributed by atoms with van der Waals surface area (Å²) in [5.41, 5.74) is 0.00221. The van der Waals surface area contributed by atoms with E-state index in [-0.39, 0.29) is 18.1 Å². The van der Waals surface area contributed by atoms with Crippen LogP contribution in [0.3, 0.4) is 0 Å². The Bertz CT molecular complexity index is 972. The highest BCUT2D eigenvalue weighted by molar-refractivity contribution is 7.90. The van der Waals surface area contributed by atoms with E-state index in [9.17, 15) is 13.5 Å². The Kier molecular flexibility index (Phi) is 3.09. The average molecular weight is 329 g/mol. The Morgan fingerprint density at radius 3 is 2.30 bits per heavy atom. The van der Waals surface area contributed by atoms with Crippen molar-refractivity contribution in [2.24, 2.45) is 0 Å². The highest BCUT2D eigenvalue weighted by atomic mass is 32.2. The summed E-state index contributed by atoms with van der Waals surface area (Å²) in [6.45, 7) is 0.346. The van der Waals surface area contributed by atoms with Crippen molar-refractivity contribution >= 4 is 20.9 Å². The molecule has 0 unspecified atom stereocenters. The number of rotatable bonds is 3. The number of hydrogen-bond donors (Lipinski definition) is 1. The van der Waals surface area contributed by atoms with E-state index in [0.717, 1.165) is 5.39 Å². The van der Waals surface area contributed by atoms with Gasteiger partial charge in [-0.3, -0.25) is 0 Å². The molecule has 4 rings (SSSR count). The molecule has 6 heteroatoms. The Labute approximate surface area is 133 Å². The fourth-order valence-electron chi connectivity index (χ4n) is 2.88. The molecule has 23 heavy (non-hydrogen) atoms. The third-order valence-corrected chi connectivity index (χ3v) is 5.85. The van der Waals surface area contributed by atoms with Gasteiger partial charge in [-0.15, -0.1) is 0 Å². The maximum absolute atomic E-state index is 12.9. The van der Waals surface area contributed by atoms with Crippen LogP contribution in [0.15, 0.2) is 65.7 Å². The first-order chi connectivity index (χ1) is 11.0. The SMILES string of the molecule is O=S(=O)(c1ccccc1)n1cc(C2(O)COC2)c2ccccc21. The second kappa shape index (κ2) is 4.92. The minimum Gasteiger partial charge on any atom is -0.380 e. The van der Waals surface area contributed by atoms with Crippen LogP contribution in [0.5, 0.6) is 0 Å². The monoisotopic (exact) mass is 329 g/mol. The van der Waals surface area contributed by atoms with E-state index in [0.29, 0.717) is 11.1 Å². The number of nitrogens with zero attached hydrogens (tertiary/aromatic N) is 1. The first-order valence-corrected chi connectivity index (χ1v) is 8.68. The van der Waals surface area contributed by atoms with Crippen molar-refractivity contribution in [2.75, 3.05) is 13.2 Å². The molecular formula is C17H15NO4S. The van der Waals surface area contributed by atoms with Crippen molar-refractivity contribution in [2.45, 2.75) is 10.5 Å². The lowest BCUT2D eigenvalue weighted by molar-refractivity contribution is -0.183. The van der Waals surface area contributed by atoms with Crippen molar-refractivity contribution in [3.05, 3.63) is 66.4 Å². The predicted molar refractivity (Wildman–Crippen MR) is 85.7 cm³/mol. The van der Waals surface area contributed by atoms with Crippen LogP contribution in [-0.4, -0.2) is 30.7 Å². The van der Waals surface area contributed by atoms with Gasteiger partial charge in [-0.2, -0.15) is 0 Å². The molecule has 1 N–H and O–H groups in total. The lowest BCUT2D eigenvalue weighted by Gasteiger charge is -2.36. The largest absolute Gasteiger partial charge is 0.380 e. The summed E-state index contributed by atoms with van der Waals surface area (Å²) in [5, 5.41) is 11.3. The van der Waals surface area contributed by atoms with Crippen LogP contribution in [-0.2, 0) is 20.4 Å². The number of aliphatic hydroxyl groups is 1. The first-order valence-electron chi connectivity index (χ1n) is 7.24. The van der Waals surface area contributed by atoms with Gasteiger partial charge in [0.05, 0.1) is 23.6 Å². The summed E-state index contributed by atoms with van der Waals surface area (Å²) in [4.78, 5) is 0.212. The minimum atomic E-state index is -3.72. The molecule has 2 heterocycles. The Balaban J connectivity index is 1.98. The molecule has 1 fully saturated rings. The number of fused-ring (bicyclic) bond motifs is 1. The summed E-state index contributed by atoms with van der Waals surface area (Å²) in [6, 6.07) is 15.4. The highest BCUT2D eigenvalue weighted by Gasteiger charge is 2.41. The van der Waals surface area contributed by atoms with Gasteiger partial charge in [0.2, 0.25) is 0 Å². The van der Waals surface area contributed by atoms with Crippen molar-refractivity contribution in [3.8, 4) is 0 Å². The standard InChI is InChI=1S/C17H15NO4S/c19-17(11-22-12-17)15-10-18(16-9-5-4-8-14(15)16)23(20,21)13-6-2-1-3-7-13/h1-10,19H,11-12H2. The first kappa shape index (κ1) is 14.4. The highest BCUT2D eigenvalue weighted by Crippen LogP contribution is 2.36. The van der Waals surface area contributed by atoms with Crippen LogP contribution in [0.1, 0.15) is 5.56 Å². The molecule has 0 atom stereocenters. The molecule has 2 aromatic carbocycles. The molecule has 3 aromatic rings. The Morgan fingerprint density at radius 1 is 1.00 bits per heavy atom. The fourth-order valence-corrected chi connectivity index (χ4v) is 4.27. The summed E-state index contributed by atoms with van der Waals surface area (Å²) in [6.07, 6.45) is 1.51. The van der Waals surface area contributed by atoms with E-state index in [4.69, 9.17) is 4.74 Å². The van der Waals surface area contributed by atoms with Gasteiger partial charge in [0, 0.05) is 17.1 Å². The molecule has 118 valence electrons. The van der Waals surface area contributed by atoms with Crippen molar-refractivity contribution in [1.82, 2.24) is 3.97 Å². The van der Waals surface area contributed by atoms with Crippen LogP contribution in [0.25, 0.3) is 10.9 Å². The van der Waals surface area contributed by atoms with E-state index >= 15 is 0 Å². The second-order valence-corrected chi connectivity index (χ2v) is 7.51. The summed E-state index contributed by atoms with van der Waals surface area (Å²) >= 11 is 0. The van der Waals surface area contributed by atoms with Gasteiger partial charge in [0.25, 0.3) is 10.0 Å². The van der Waals surface area contributed by atoms with Gasteiger partial charge in [0.15, 0.2) is 0 Å². The predicted octanol–water partition coefficient (Wildman–Crippen LogP) is 2.10. The van der Waals surface area contributed by atoms with Gasteiger partial charge in [-0.05, 0) is 18.2 Å². The number of para-hydroxylation sites is 1. The Morgan fingerprint density at radius 2 is 1.65 bits per heavy atom. The lowest BCUT2D eigenvalue weighted by Crippen LogP contribution is -2.46. The van der Waals surface area contributed by atoms with E-state index < -0.39 is 15.6 Å². The van der Waals surface area contributed by atoms with E-state index in [2.05, 4.69) is 0 Å². The lowest BCUT2D eigenvalue weighted by atomic mass is 9.92. The topological polar surface area (TPSA) is 68.5 Å². The van der Waals surface area contributed by atoms with E-state index in [1.54, 1.807) is 42.5 Å². The zero-order valence-electron chi connectivity index (χ0n) is 12.2.